The molecular weight excluding hydrogens is 529 g/mol. The number of halogens is 3. The number of nitrogens with one attached hydrogen (secondary N) is 1. The molecule has 0 fully saturated rings. The van der Waals surface area contributed by atoms with Gasteiger partial charge < -0.3 is 31.4 Å². The number of benzene rings is 2. The van der Waals surface area contributed by atoms with Crippen LogP contribution in [0.2, 0.25) is 0 Å². The maximum atomic E-state index is 12.7. The van der Waals surface area contributed by atoms with Crippen LogP contribution in [0.4, 0.5) is 13.2 Å². The molecule has 3 aromatic rings. The van der Waals surface area contributed by atoms with E-state index < -0.39 is 30.3 Å². The van der Waals surface area contributed by atoms with E-state index >= 15 is 0 Å². The van der Waals surface area contributed by atoms with Gasteiger partial charge in [-0.25, -0.2) is 9.78 Å². The highest BCUT2D eigenvalue weighted by Gasteiger charge is 2.38. The molecule has 0 aliphatic rings. The number of hydrogen-bond acceptors (Lipinski definition) is 7. The second-order valence-corrected chi connectivity index (χ2v) is 10.4. The number of aliphatic hydroxyl groups is 1. The fourth-order valence-corrected chi connectivity index (χ4v) is 3.74. The Labute approximate surface area is 230 Å². The van der Waals surface area contributed by atoms with Gasteiger partial charge in [0.05, 0.1) is 12.1 Å². The lowest BCUT2D eigenvalue weighted by molar-refractivity contribution is -0.192. The first kappa shape index (κ1) is 32.7. The van der Waals surface area contributed by atoms with E-state index in [1.54, 1.807) is 0 Å². The van der Waals surface area contributed by atoms with Gasteiger partial charge in [-0.15, -0.1) is 0 Å². The maximum absolute atomic E-state index is 12.7. The SMILES string of the molecule is CC(C)(C)c1ccc2oc(C(O)[C@@H](CCc3ccccc3)NC(=O)[C@H](N)CCCN)nc2c1.O=C(O)C(F)(F)F. The highest BCUT2D eigenvalue weighted by molar-refractivity contribution is 5.81. The van der Waals surface area contributed by atoms with E-state index in [0.717, 1.165) is 11.1 Å². The van der Waals surface area contributed by atoms with Crippen molar-refractivity contribution < 1.29 is 37.4 Å². The normalized spacial score (nSPS) is 14.1. The van der Waals surface area contributed by atoms with Gasteiger partial charge in [-0.2, -0.15) is 13.2 Å². The highest BCUT2D eigenvalue weighted by atomic mass is 19.4. The number of carboxylic acids is 1. The Hall–Kier alpha value is -3.48. The molecule has 0 saturated carbocycles. The zero-order valence-corrected chi connectivity index (χ0v) is 22.7. The van der Waals surface area contributed by atoms with E-state index in [0.29, 0.717) is 43.3 Å². The van der Waals surface area contributed by atoms with Crippen molar-refractivity contribution in [2.45, 2.75) is 76.2 Å². The first-order chi connectivity index (χ1) is 18.6. The minimum absolute atomic E-state index is 0.0300. The van der Waals surface area contributed by atoms with Gasteiger partial charge in [-0.1, -0.05) is 57.2 Å². The number of carboxylic acid groups (broad SMARTS) is 1. The van der Waals surface area contributed by atoms with Gasteiger partial charge in [0.1, 0.15) is 5.52 Å². The van der Waals surface area contributed by atoms with Gasteiger partial charge in [0.2, 0.25) is 11.8 Å². The van der Waals surface area contributed by atoms with E-state index in [1.165, 1.54) is 0 Å². The summed E-state index contributed by atoms with van der Waals surface area (Å²) in [6, 6.07) is 14.5. The number of carbonyl (C=O) groups excluding carboxylic acids is 1. The number of amides is 1. The molecule has 1 unspecified atom stereocenters. The molecule has 220 valence electrons. The molecule has 3 atom stereocenters. The second-order valence-electron chi connectivity index (χ2n) is 10.4. The molecule has 1 heterocycles. The van der Waals surface area contributed by atoms with Crippen LogP contribution in [0.25, 0.3) is 11.1 Å². The molecule has 0 spiro atoms. The third-order valence-electron chi connectivity index (χ3n) is 6.12. The Balaban J connectivity index is 0.000000708. The summed E-state index contributed by atoms with van der Waals surface area (Å²) in [5.74, 6) is -2.89. The second kappa shape index (κ2) is 14.2. The van der Waals surface area contributed by atoms with Crippen molar-refractivity contribution in [1.82, 2.24) is 10.3 Å². The fourth-order valence-electron chi connectivity index (χ4n) is 3.74. The number of carbonyl (C=O) groups is 2. The lowest BCUT2D eigenvalue weighted by Gasteiger charge is -2.24. The maximum Gasteiger partial charge on any atom is 0.490 e. The van der Waals surface area contributed by atoms with E-state index in [-0.39, 0.29) is 17.2 Å². The minimum atomic E-state index is -5.08. The van der Waals surface area contributed by atoms with Crippen LogP contribution in [0.5, 0.6) is 0 Å². The summed E-state index contributed by atoms with van der Waals surface area (Å²) < 4.78 is 37.6. The predicted molar refractivity (Wildman–Crippen MR) is 144 cm³/mol. The Morgan fingerprint density at radius 3 is 2.25 bits per heavy atom. The number of hydrogen-bond donors (Lipinski definition) is 5. The number of oxazole rings is 1. The van der Waals surface area contributed by atoms with Gasteiger partial charge in [0.25, 0.3) is 0 Å². The Morgan fingerprint density at radius 1 is 1.07 bits per heavy atom. The third-order valence-corrected chi connectivity index (χ3v) is 6.12. The third kappa shape index (κ3) is 9.92. The molecule has 7 N–H and O–H groups in total. The summed E-state index contributed by atoms with van der Waals surface area (Å²) in [5, 5.41) is 21.2. The predicted octanol–water partition coefficient (Wildman–Crippen LogP) is 3.98. The van der Waals surface area contributed by atoms with Crippen molar-refractivity contribution in [2.24, 2.45) is 11.5 Å². The number of aliphatic hydroxyl groups excluding tert-OH is 1. The van der Waals surface area contributed by atoms with Crippen LogP contribution in [0.15, 0.2) is 52.9 Å². The van der Waals surface area contributed by atoms with Crippen LogP contribution in [-0.4, -0.2) is 51.9 Å². The molecule has 0 aliphatic heterocycles. The number of aromatic nitrogens is 1. The molecule has 0 aliphatic carbocycles. The van der Waals surface area contributed by atoms with Crippen molar-refractivity contribution in [3.63, 3.8) is 0 Å². The zero-order chi connectivity index (χ0) is 30.1. The topological polar surface area (TPSA) is 165 Å². The number of nitrogens with two attached hydrogens (primary N) is 2. The molecule has 0 bridgehead atoms. The largest absolute Gasteiger partial charge is 0.490 e. The van der Waals surface area contributed by atoms with E-state index in [9.17, 15) is 23.1 Å². The van der Waals surface area contributed by atoms with Crippen LogP contribution < -0.4 is 16.8 Å². The summed E-state index contributed by atoms with van der Waals surface area (Å²) in [6.45, 7) is 6.87. The van der Waals surface area contributed by atoms with Crippen LogP contribution in [0, 0.1) is 0 Å². The lowest BCUT2D eigenvalue weighted by atomic mass is 9.87. The number of alkyl halides is 3. The zero-order valence-electron chi connectivity index (χ0n) is 22.7. The van der Waals surface area contributed by atoms with Crippen molar-refractivity contribution in [3.05, 3.63) is 65.5 Å². The number of aliphatic carboxylic acids is 1. The number of nitrogens with zero attached hydrogens (tertiary/aromatic N) is 1. The summed E-state index contributed by atoms with van der Waals surface area (Å²) in [4.78, 5) is 26.1. The van der Waals surface area contributed by atoms with Gasteiger partial charge in [-0.3, -0.25) is 4.79 Å². The first-order valence-electron chi connectivity index (χ1n) is 12.8. The van der Waals surface area contributed by atoms with Crippen molar-refractivity contribution in [2.75, 3.05) is 6.54 Å². The van der Waals surface area contributed by atoms with Crippen molar-refractivity contribution in [1.29, 1.82) is 0 Å². The van der Waals surface area contributed by atoms with Crippen molar-refractivity contribution in [3.8, 4) is 0 Å². The molecule has 9 nitrogen and oxygen atoms in total. The van der Waals surface area contributed by atoms with E-state index in [4.69, 9.17) is 25.8 Å². The molecular formula is C28H37F3N4O5. The van der Waals surface area contributed by atoms with E-state index in [1.807, 2.05) is 48.5 Å². The highest BCUT2D eigenvalue weighted by Crippen LogP contribution is 2.29. The molecule has 3 rings (SSSR count). The van der Waals surface area contributed by atoms with Gasteiger partial charge in [0, 0.05) is 0 Å². The minimum Gasteiger partial charge on any atom is -0.475 e. The summed E-state index contributed by atoms with van der Waals surface area (Å²) in [5.41, 5.74) is 15.1. The number of aryl methyl sites for hydroxylation is 1. The monoisotopic (exact) mass is 566 g/mol. The van der Waals surface area contributed by atoms with Crippen LogP contribution in [0.3, 0.4) is 0 Å². The quantitative estimate of drug-likeness (QED) is 0.246. The smallest absolute Gasteiger partial charge is 0.475 e. The van der Waals surface area contributed by atoms with Gasteiger partial charge in [-0.05, 0) is 60.9 Å². The number of rotatable bonds is 10. The summed E-state index contributed by atoms with van der Waals surface area (Å²) in [7, 11) is 0. The Bertz CT molecular complexity index is 1240. The lowest BCUT2D eigenvalue weighted by Crippen LogP contribution is -2.48. The van der Waals surface area contributed by atoms with Crippen LogP contribution in [0.1, 0.15) is 63.2 Å². The van der Waals surface area contributed by atoms with Crippen LogP contribution >= 0.6 is 0 Å². The molecule has 0 radical (unpaired) electrons. The van der Waals surface area contributed by atoms with Gasteiger partial charge in [0.15, 0.2) is 11.7 Å². The molecule has 0 saturated heterocycles. The van der Waals surface area contributed by atoms with Crippen molar-refractivity contribution >= 4 is 23.0 Å². The van der Waals surface area contributed by atoms with Gasteiger partial charge >= 0.3 is 12.1 Å². The van der Waals surface area contributed by atoms with Crippen LogP contribution in [-0.2, 0) is 21.4 Å². The Kier molecular flexibility index (Phi) is 11.7. The summed E-state index contributed by atoms with van der Waals surface area (Å²) >= 11 is 0. The average Bonchev–Trinajstić information content (AvgIpc) is 3.32. The molecule has 1 aromatic heterocycles. The summed E-state index contributed by atoms with van der Waals surface area (Å²) in [6.07, 6.45) is -3.86. The first-order valence-corrected chi connectivity index (χ1v) is 12.8. The molecule has 2 aromatic carbocycles. The number of fused-ring (bicyclic) bond motifs is 1. The molecule has 1 amide bonds. The Morgan fingerprint density at radius 2 is 1.70 bits per heavy atom. The van der Waals surface area contributed by atoms with E-state index in [2.05, 4.69) is 31.1 Å². The average molecular weight is 567 g/mol. The molecule has 12 heteroatoms. The standard InChI is InChI=1S/C26H36N4O3.C2HF3O2/c1-26(2,3)18-12-14-22-21(16-18)30-25(33-22)23(31)20(13-11-17-8-5-4-6-9-17)29-24(32)19(28)10-7-15-27;3-2(4,5)1(6)7/h4-6,8-9,12,14,16,19-20,23,31H,7,10-11,13,15,27-28H2,1-3H3,(H,29,32);(H,6,7)/t19-,20-,23?;/m1./s1. The fraction of sp³-hybridized carbons (Fsp3) is 0.464. The molecule has 40 heavy (non-hydrogen) atoms.